The summed E-state index contributed by atoms with van der Waals surface area (Å²) in [5.41, 5.74) is 7.08. The molecule has 0 atom stereocenters. The topological polar surface area (TPSA) is 68.0 Å². The van der Waals surface area contributed by atoms with Crippen LogP contribution in [-0.2, 0) is 0 Å². The molecule has 1 aromatic heterocycles. The molecule has 1 heterocycles. The average Bonchev–Trinajstić information content (AvgIpc) is 2.33. The van der Waals surface area contributed by atoms with Crippen molar-refractivity contribution in [2.24, 2.45) is 0 Å². The molecule has 0 aliphatic rings. The van der Waals surface area contributed by atoms with E-state index in [0.717, 1.165) is 10.2 Å². The molecule has 0 radical (unpaired) electrons. The van der Waals surface area contributed by atoms with Crippen molar-refractivity contribution in [2.75, 3.05) is 11.1 Å². The molecule has 1 aromatic carbocycles. The molecule has 0 unspecified atom stereocenters. The van der Waals surface area contributed by atoms with E-state index in [1.807, 2.05) is 12.1 Å². The van der Waals surface area contributed by atoms with Crippen LogP contribution in [0.5, 0.6) is 0 Å². The minimum Gasteiger partial charge on any atom is -0.397 e. The maximum Gasteiger partial charge on any atom is 0.274 e. The number of amides is 1. The molecule has 3 N–H and O–H groups in total. The fourth-order valence-electron chi connectivity index (χ4n) is 1.27. The van der Waals surface area contributed by atoms with Crippen molar-refractivity contribution in [3.05, 3.63) is 52.8 Å². The summed E-state index contributed by atoms with van der Waals surface area (Å²) in [5, 5.41) is 2.74. The third-order valence-corrected chi connectivity index (χ3v) is 2.65. The number of benzene rings is 1. The van der Waals surface area contributed by atoms with Gasteiger partial charge in [-0.05, 0) is 36.4 Å². The average molecular weight is 292 g/mol. The number of nitrogen functional groups attached to an aromatic ring is 1. The maximum atomic E-state index is 11.8. The number of nitrogens with one attached hydrogen (secondary N) is 1. The lowest BCUT2D eigenvalue weighted by atomic mass is 10.3. The maximum absolute atomic E-state index is 11.8. The zero-order valence-electron chi connectivity index (χ0n) is 8.85. The number of anilines is 2. The van der Waals surface area contributed by atoms with Crippen molar-refractivity contribution >= 4 is 33.2 Å². The summed E-state index contributed by atoms with van der Waals surface area (Å²) in [5.74, 6) is -0.257. The Morgan fingerprint density at radius 1 is 1.18 bits per heavy atom. The highest BCUT2D eigenvalue weighted by Gasteiger charge is 2.06. The number of carbonyl (C=O) groups excluding carboxylic acids is 1. The number of hydrogen-bond donors (Lipinski definition) is 2. The van der Waals surface area contributed by atoms with Crippen molar-refractivity contribution in [1.82, 2.24) is 4.98 Å². The number of nitrogens with zero attached hydrogens (tertiary/aromatic N) is 1. The van der Waals surface area contributed by atoms with Gasteiger partial charge in [0.1, 0.15) is 5.69 Å². The third-order valence-electron chi connectivity index (χ3n) is 2.12. The first-order valence-electron chi connectivity index (χ1n) is 4.93. The van der Waals surface area contributed by atoms with E-state index in [-0.39, 0.29) is 5.91 Å². The van der Waals surface area contributed by atoms with Crippen LogP contribution in [-0.4, -0.2) is 10.9 Å². The Morgan fingerprint density at radius 3 is 2.47 bits per heavy atom. The summed E-state index contributed by atoms with van der Waals surface area (Å²) in [4.78, 5) is 15.7. The van der Waals surface area contributed by atoms with Gasteiger partial charge in [0.15, 0.2) is 0 Å². The second-order valence-corrected chi connectivity index (χ2v) is 4.35. The van der Waals surface area contributed by atoms with Gasteiger partial charge in [0.2, 0.25) is 0 Å². The molecule has 0 saturated heterocycles. The lowest BCUT2D eigenvalue weighted by Gasteiger charge is -2.04. The Hall–Kier alpha value is -1.88. The Morgan fingerprint density at radius 2 is 1.88 bits per heavy atom. The Bertz CT molecular complexity index is 522. The highest BCUT2D eigenvalue weighted by atomic mass is 79.9. The van der Waals surface area contributed by atoms with Gasteiger partial charge in [-0.15, -0.1) is 0 Å². The SMILES string of the molecule is Nc1ccc(C(=O)Nc2ccc(Br)cc2)nc1. The van der Waals surface area contributed by atoms with Crippen LogP contribution in [0.4, 0.5) is 11.4 Å². The quantitative estimate of drug-likeness (QED) is 0.894. The highest BCUT2D eigenvalue weighted by Crippen LogP contribution is 2.14. The molecule has 0 aliphatic carbocycles. The van der Waals surface area contributed by atoms with Crippen molar-refractivity contribution in [3.63, 3.8) is 0 Å². The molecular formula is C12H10BrN3O. The molecule has 2 aromatic rings. The zero-order valence-corrected chi connectivity index (χ0v) is 10.4. The molecule has 17 heavy (non-hydrogen) atoms. The van der Waals surface area contributed by atoms with Gasteiger partial charge < -0.3 is 11.1 Å². The van der Waals surface area contributed by atoms with E-state index in [9.17, 15) is 4.79 Å². The van der Waals surface area contributed by atoms with Crippen LogP contribution in [0.3, 0.4) is 0 Å². The summed E-state index contributed by atoms with van der Waals surface area (Å²) in [6.45, 7) is 0. The predicted octanol–water partition coefficient (Wildman–Crippen LogP) is 2.68. The van der Waals surface area contributed by atoms with E-state index in [4.69, 9.17) is 5.73 Å². The second kappa shape index (κ2) is 4.97. The van der Waals surface area contributed by atoms with Crippen molar-refractivity contribution in [2.45, 2.75) is 0 Å². The van der Waals surface area contributed by atoms with E-state index in [1.165, 1.54) is 6.20 Å². The van der Waals surface area contributed by atoms with Gasteiger partial charge >= 0.3 is 0 Å². The number of halogens is 1. The number of pyridine rings is 1. The number of hydrogen-bond acceptors (Lipinski definition) is 3. The van der Waals surface area contributed by atoms with Gasteiger partial charge in [0, 0.05) is 10.2 Å². The van der Waals surface area contributed by atoms with Gasteiger partial charge in [-0.1, -0.05) is 15.9 Å². The molecule has 0 aliphatic heterocycles. The van der Waals surface area contributed by atoms with E-state index >= 15 is 0 Å². The molecule has 86 valence electrons. The molecule has 0 fully saturated rings. The summed E-state index contributed by atoms with van der Waals surface area (Å²) in [6.07, 6.45) is 1.45. The van der Waals surface area contributed by atoms with Crippen molar-refractivity contribution in [3.8, 4) is 0 Å². The standard InChI is InChI=1S/C12H10BrN3O/c13-8-1-4-10(5-2-8)16-12(17)11-6-3-9(14)7-15-11/h1-7H,14H2,(H,16,17). The van der Waals surface area contributed by atoms with Crippen LogP contribution in [0, 0.1) is 0 Å². The number of carbonyl (C=O) groups is 1. The first-order chi connectivity index (χ1) is 8.15. The van der Waals surface area contributed by atoms with Crippen LogP contribution in [0.2, 0.25) is 0 Å². The molecule has 0 bridgehead atoms. The summed E-state index contributed by atoms with van der Waals surface area (Å²) in [6, 6.07) is 10.5. The van der Waals surface area contributed by atoms with E-state index < -0.39 is 0 Å². The van der Waals surface area contributed by atoms with Crippen LogP contribution >= 0.6 is 15.9 Å². The Balaban J connectivity index is 2.11. The fourth-order valence-corrected chi connectivity index (χ4v) is 1.53. The van der Waals surface area contributed by atoms with Gasteiger partial charge in [0.25, 0.3) is 5.91 Å². The molecule has 0 spiro atoms. The molecule has 4 nitrogen and oxygen atoms in total. The molecule has 5 heteroatoms. The Kier molecular flexibility index (Phi) is 3.39. The number of aromatic nitrogens is 1. The number of rotatable bonds is 2. The second-order valence-electron chi connectivity index (χ2n) is 3.44. The highest BCUT2D eigenvalue weighted by molar-refractivity contribution is 9.10. The lowest BCUT2D eigenvalue weighted by Crippen LogP contribution is -2.13. The van der Waals surface area contributed by atoms with Crippen molar-refractivity contribution < 1.29 is 4.79 Å². The molecule has 1 amide bonds. The molecule has 0 saturated carbocycles. The monoisotopic (exact) mass is 291 g/mol. The van der Waals surface area contributed by atoms with E-state index in [2.05, 4.69) is 26.2 Å². The van der Waals surface area contributed by atoms with Crippen LogP contribution in [0.1, 0.15) is 10.5 Å². The largest absolute Gasteiger partial charge is 0.397 e. The van der Waals surface area contributed by atoms with Crippen molar-refractivity contribution in [1.29, 1.82) is 0 Å². The predicted molar refractivity (Wildman–Crippen MR) is 70.7 cm³/mol. The number of nitrogens with two attached hydrogens (primary N) is 1. The summed E-state index contributed by atoms with van der Waals surface area (Å²) >= 11 is 3.33. The van der Waals surface area contributed by atoms with Crippen LogP contribution < -0.4 is 11.1 Å². The minimum absolute atomic E-state index is 0.257. The van der Waals surface area contributed by atoms with Gasteiger partial charge in [-0.25, -0.2) is 4.98 Å². The lowest BCUT2D eigenvalue weighted by molar-refractivity contribution is 0.102. The van der Waals surface area contributed by atoms with Gasteiger partial charge in [-0.2, -0.15) is 0 Å². The summed E-state index contributed by atoms with van der Waals surface area (Å²) < 4.78 is 0.959. The van der Waals surface area contributed by atoms with Gasteiger partial charge in [-0.3, -0.25) is 4.79 Å². The Labute approximate surface area is 107 Å². The minimum atomic E-state index is -0.257. The fraction of sp³-hybridized carbons (Fsp3) is 0. The normalized spacial score (nSPS) is 9.94. The summed E-state index contributed by atoms with van der Waals surface area (Å²) in [7, 11) is 0. The third kappa shape index (κ3) is 3.04. The molecular weight excluding hydrogens is 282 g/mol. The first kappa shape index (κ1) is 11.6. The zero-order chi connectivity index (χ0) is 12.3. The first-order valence-corrected chi connectivity index (χ1v) is 5.73. The molecule has 2 rings (SSSR count). The van der Waals surface area contributed by atoms with E-state index in [0.29, 0.717) is 11.4 Å². The smallest absolute Gasteiger partial charge is 0.274 e. The van der Waals surface area contributed by atoms with E-state index in [1.54, 1.807) is 24.3 Å². The van der Waals surface area contributed by atoms with Crippen LogP contribution in [0.15, 0.2) is 47.1 Å². The van der Waals surface area contributed by atoms with Crippen LogP contribution in [0.25, 0.3) is 0 Å². The van der Waals surface area contributed by atoms with Gasteiger partial charge in [0.05, 0.1) is 11.9 Å².